The molecule has 0 heterocycles. The Balaban J connectivity index is 2.19. The van der Waals surface area contributed by atoms with Gasteiger partial charge in [0.2, 0.25) is 0 Å². The maximum absolute atomic E-state index is 6.21. The summed E-state index contributed by atoms with van der Waals surface area (Å²) in [5.74, 6) is 0. The molecule has 0 fully saturated rings. The fourth-order valence-electron chi connectivity index (χ4n) is 2.25. The van der Waals surface area contributed by atoms with Gasteiger partial charge in [-0.25, -0.2) is 0 Å². The SMILES string of the molecule is CC(C)(CBr)OC1CCCc2ccccc21. The molecule has 2 rings (SSSR count). The zero-order valence-corrected chi connectivity index (χ0v) is 11.6. The second-order valence-electron chi connectivity index (χ2n) is 5.09. The number of rotatable bonds is 3. The summed E-state index contributed by atoms with van der Waals surface area (Å²) in [6.07, 6.45) is 3.86. The Hall–Kier alpha value is -0.340. The predicted molar refractivity (Wildman–Crippen MR) is 71.1 cm³/mol. The Kier molecular flexibility index (Phi) is 3.70. The van der Waals surface area contributed by atoms with Gasteiger partial charge in [-0.3, -0.25) is 0 Å². The number of hydrogen-bond acceptors (Lipinski definition) is 1. The van der Waals surface area contributed by atoms with Crippen molar-refractivity contribution in [3.8, 4) is 0 Å². The molecule has 1 nitrogen and oxygen atoms in total. The average Bonchev–Trinajstić information content (AvgIpc) is 2.29. The van der Waals surface area contributed by atoms with Gasteiger partial charge in [0.25, 0.3) is 0 Å². The lowest BCUT2D eigenvalue weighted by Crippen LogP contribution is -2.30. The predicted octanol–water partition coefficient (Wildman–Crippen LogP) is 4.25. The van der Waals surface area contributed by atoms with Gasteiger partial charge in [0, 0.05) is 5.33 Å². The summed E-state index contributed by atoms with van der Waals surface area (Å²) >= 11 is 3.51. The van der Waals surface area contributed by atoms with Crippen LogP contribution < -0.4 is 0 Å². The zero-order chi connectivity index (χ0) is 11.6. The molecule has 1 aromatic carbocycles. The Morgan fingerprint density at radius 3 is 2.88 bits per heavy atom. The highest BCUT2D eigenvalue weighted by Crippen LogP contribution is 2.35. The highest BCUT2D eigenvalue weighted by atomic mass is 79.9. The van der Waals surface area contributed by atoms with Crippen LogP contribution in [0.3, 0.4) is 0 Å². The molecule has 0 N–H and O–H groups in total. The summed E-state index contributed by atoms with van der Waals surface area (Å²) in [6.45, 7) is 4.28. The van der Waals surface area contributed by atoms with Crippen molar-refractivity contribution >= 4 is 15.9 Å². The maximum atomic E-state index is 6.21. The van der Waals surface area contributed by atoms with E-state index in [0.717, 1.165) is 11.8 Å². The molecule has 0 amide bonds. The number of alkyl halides is 1. The Morgan fingerprint density at radius 1 is 1.38 bits per heavy atom. The van der Waals surface area contributed by atoms with Crippen molar-refractivity contribution in [1.29, 1.82) is 0 Å². The van der Waals surface area contributed by atoms with E-state index in [1.165, 1.54) is 24.0 Å². The van der Waals surface area contributed by atoms with Gasteiger partial charge >= 0.3 is 0 Å². The first-order valence-corrected chi connectivity index (χ1v) is 7.06. The number of benzene rings is 1. The van der Waals surface area contributed by atoms with Crippen molar-refractivity contribution in [2.24, 2.45) is 0 Å². The van der Waals surface area contributed by atoms with E-state index >= 15 is 0 Å². The van der Waals surface area contributed by atoms with Gasteiger partial charge in [-0.2, -0.15) is 0 Å². The van der Waals surface area contributed by atoms with Gasteiger partial charge in [0.15, 0.2) is 0 Å². The maximum Gasteiger partial charge on any atom is 0.0835 e. The van der Waals surface area contributed by atoms with Crippen molar-refractivity contribution in [3.63, 3.8) is 0 Å². The van der Waals surface area contributed by atoms with Gasteiger partial charge in [0.05, 0.1) is 11.7 Å². The lowest BCUT2D eigenvalue weighted by atomic mass is 9.89. The second-order valence-corrected chi connectivity index (χ2v) is 5.65. The number of hydrogen-bond donors (Lipinski definition) is 0. The molecule has 1 atom stereocenters. The van der Waals surface area contributed by atoms with Crippen molar-refractivity contribution < 1.29 is 4.74 Å². The largest absolute Gasteiger partial charge is 0.367 e. The number of halogens is 1. The van der Waals surface area contributed by atoms with Crippen molar-refractivity contribution in [2.45, 2.75) is 44.8 Å². The molecule has 1 aromatic rings. The molecular formula is C14H19BrO. The summed E-state index contributed by atoms with van der Waals surface area (Å²) in [4.78, 5) is 0. The van der Waals surface area contributed by atoms with Gasteiger partial charge in [-0.1, -0.05) is 40.2 Å². The molecule has 1 unspecified atom stereocenters. The Bertz CT molecular complexity index is 360. The average molecular weight is 283 g/mol. The second kappa shape index (κ2) is 4.89. The van der Waals surface area contributed by atoms with Gasteiger partial charge in [-0.15, -0.1) is 0 Å². The van der Waals surface area contributed by atoms with E-state index in [0.29, 0.717) is 0 Å². The quantitative estimate of drug-likeness (QED) is 0.753. The zero-order valence-electron chi connectivity index (χ0n) is 10.0. The Labute approximate surface area is 106 Å². The Morgan fingerprint density at radius 2 is 2.12 bits per heavy atom. The van der Waals surface area contributed by atoms with Crippen molar-refractivity contribution in [2.75, 3.05) is 5.33 Å². The molecule has 0 radical (unpaired) electrons. The minimum absolute atomic E-state index is 0.0882. The van der Waals surface area contributed by atoms with Gasteiger partial charge < -0.3 is 4.74 Å². The van der Waals surface area contributed by atoms with Gasteiger partial charge in [-0.05, 0) is 44.2 Å². The minimum Gasteiger partial charge on any atom is -0.367 e. The molecule has 1 aliphatic carbocycles. The van der Waals surface area contributed by atoms with Crippen molar-refractivity contribution in [3.05, 3.63) is 35.4 Å². The van der Waals surface area contributed by atoms with Crippen LogP contribution in [-0.2, 0) is 11.2 Å². The molecule has 0 bridgehead atoms. The third kappa shape index (κ3) is 2.67. The summed E-state index contributed by atoms with van der Waals surface area (Å²) in [5, 5.41) is 0.874. The highest BCUT2D eigenvalue weighted by Gasteiger charge is 2.27. The summed E-state index contributed by atoms with van der Waals surface area (Å²) in [7, 11) is 0. The lowest BCUT2D eigenvalue weighted by molar-refractivity contribution is -0.0646. The van der Waals surface area contributed by atoms with E-state index in [-0.39, 0.29) is 11.7 Å². The van der Waals surface area contributed by atoms with Crippen LogP contribution >= 0.6 is 15.9 Å². The molecule has 88 valence electrons. The van der Waals surface area contributed by atoms with E-state index < -0.39 is 0 Å². The topological polar surface area (TPSA) is 9.23 Å². The monoisotopic (exact) mass is 282 g/mol. The molecule has 0 saturated heterocycles. The first-order valence-electron chi connectivity index (χ1n) is 5.94. The van der Waals surface area contributed by atoms with E-state index in [4.69, 9.17) is 4.74 Å². The number of fused-ring (bicyclic) bond motifs is 1. The molecular weight excluding hydrogens is 264 g/mol. The first kappa shape index (κ1) is 12.1. The third-order valence-corrected chi connectivity index (χ3v) is 4.45. The molecule has 0 spiro atoms. The van der Waals surface area contributed by atoms with Crippen LogP contribution in [0.4, 0.5) is 0 Å². The van der Waals surface area contributed by atoms with Crippen molar-refractivity contribution in [1.82, 2.24) is 0 Å². The highest BCUT2D eigenvalue weighted by molar-refractivity contribution is 9.09. The summed E-state index contributed by atoms with van der Waals surface area (Å²) in [5.41, 5.74) is 2.77. The van der Waals surface area contributed by atoms with Crippen LogP contribution in [0.2, 0.25) is 0 Å². The normalized spacial score (nSPS) is 20.6. The summed E-state index contributed by atoms with van der Waals surface area (Å²) < 4.78 is 6.21. The fourth-order valence-corrected chi connectivity index (χ4v) is 2.38. The summed E-state index contributed by atoms with van der Waals surface area (Å²) in [6, 6.07) is 8.67. The van der Waals surface area contributed by atoms with Crippen LogP contribution in [0.15, 0.2) is 24.3 Å². The minimum atomic E-state index is -0.0882. The molecule has 0 aliphatic heterocycles. The van der Waals surface area contributed by atoms with Gasteiger partial charge in [0.1, 0.15) is 0 Å². The van der Waals surface area contributed by atoms with E-state index in [2.05, 4.69) is 54.0 Å². The van der Waals surface area contributed by atoms with Crippen LogP contribution in [0, 0.1) is 0 Å². The lowest BCUT2D eigenvalue weighted by Gasteiger charge is -2.33. The standard InChI is InChI=1S/C14H19BrO/c1-14(2,10-15)16-13-9-5-7-11-6-3-4-8-12(11)13/h3-4,6,8,13H,5,7,9-10H2,1-2H3. The molecule has 1 aliphatic rings. The first-order chi connectivity index (χ1) is 7.62. The van der Waals surface area contributed by atoms with Crippen LogP contribution in [-0.4, -0.2) is 10.9 Å². The molecule has 0 aromatic heterocycles. The fraction of sp³-hybridized carbons (Fsp3) is 0.571. The van der Waals surface area contributed by atoms with E-state index in [1.807, 2.05) is 0 Å². The van der Waals surface area contributed by atoms with Crippen LogP contribution in [0.1, 0.15) is 43.9 Å². The van der Waals surface area contributed by atoms with E-state index in [9.17, 15) is 0 Å². The molecule has 2 heteroatoms. The van der Waals surface area contributed by atoms with Crippen LogP contribution in [0.25, 0.3) is 0 Å². The third-order valence-electron chi connectivity index (χ3n) is 3.10. The number of aryl methyl sites for hydroxylation is 1. The number of ether oxygens (including phenoxy) is 1. The van der Waals surface area contributed by atoms with Crippen LogP contribution in [0.5, 0.6) is 0 Å². The molecule has 0 saturated carbocycles. The smallest absolute Gasteiger partial charge is 0.0835 e. The molecule has 16 heavy (non-hydrogen) atoms. The van der Waals surface area contributed by atoms with E-state index in [1.54, 1.807) is 0 Å².